The first kappa shape index (κ1) is 16.0. The molecule has 0 bridgehead atoms. The quantitative estimate of drug-likeness (QED) is 0.741. The zero-order valence-electron chi connectivity index (χ0n) is 11.2. The number of alkyl halides is 1. The van der Waals surface area contributed by atoms with Gasteiger partial charge in [0.15, 0.2) is 0 Å². The fraction of sp³-hybridized carbons (Fsp3) is 0.833. The number of likely N-dealkylation sites (tertiary alicyclic amines) is 1. The van der Waals surface area contributed by atoms with Crippen LogP contribution in [0, 0.1) is 0 Å². The maximum atomic E-state index is 11.6. The summed E-state index contributed by atoms with van der Waals surface area (Å²) in [4.78, 5) is 24.7. The Morgan fingerprint density at radius 3 is 2.58 bits per heavy atom. The van der Waals surface area contributed by atoms with Gasteiger partial charge in [-0.05, 0) is 12.8 Å². The highest BCUT2D eigenvalue weighted by molar-refractivity contribution is 6.18. The minimum absolute atomic E-state index is 0.00924. The van der Waals surface area contributed by atoms with E-state index in [0.29, 0.717) is 32.0 Å². The number of ether oxygens (including phenoxy) is 2. The molecule has 19 heavy (non-hydrogen) atoms. The van der Waals surface area contributed by atoms with Crippen molar-refractivity contribution < 1.29 is 19.1 Å². The van der Waals surface area contributed by atoms with E-state index in [1.807, 2.05) is 0 Å². The third kappa shape index (κ3) is 6.11. The van der Waals surface area contributed by atoms with Gasteiger partial charge < -0.3 is 19.7 Å². The van der Waals surface area contributed by atoms with Crippen LogP contribution in [0.15, 0.2) is 0 Å². The molecule has 0 unspecified atom stereocenters. The van der Waals surface area contributed by atoms with E-state index in [-0.39, 0.29) is 24.6 Å². The van der Waals surface area contributed by atoms with Gasteiger partial charge in [0.05, 0.1) is 12.5 Å². The Morgan fingerprint density at radius 1 is 1.32 bits per heavy atom. The number of halogens is 1. The highest BCUT2D eigenvalue weighted by atomic mass is 35.5. The average molecular weight is 293 g/mol. The summed E-state index contributed by atoms with van der Waals surface area (Å²) in [5.41, 5.74) is 0. The van der Waals surface area contributed by atoms with Gasteiger partial charge in [0.1, 0.15) is 6.61 Å². The number of hydrogen-bond acceptors (Lipinski definition) is 4. The Balaban J connectivity index is 2.21. The number of nitrogens with zero attached hydrogens (tertiary/aromatic N) is 1. The van der Waals surface area contributed by atoms with Crippen molar-refractivity contribution in [3.63, 3.8) is 0 Å². The Bertz CT molecular complexity index is 293. The monoisotopic (exact) mass is 292 g/mol. The molecule has 0 spiro atoms. The van der Waals surface area contributed by atoms with E-state index in [4.69, 9.17) is 21.1 Å². The minimum atomic E-state index is -0.329. The maximum Gasteiger partial charge on any atom is 0.409 e. The average Bonchev–Trinajstić information content (AvgIpc) is 2.43. The van der Waals surface area contributed by atoms with Gasteiger partial charge in [-0.2, -0.15) is 0 Å². The number of nitrogens with one attached hydrogen (secondary N) is 1. The molecule has 110 valence electrons. The van der Waals surface area contributed by atoms with Gasteiger partial charge in [-0.1, -0.05) is 0 Å². The van der Waals surface area contributed by atoms with Crippen molar-refractivity contribution in [2.45, 2.75) is 25.3 Å². The van der Waals surface area contributed by atoms with Crippen LogP contribution in [0.5, 0.6) is 0 Å². The van der Waals surface area contributed by atoms with Crippen LogP contribution in [-0.4, -0.2) is 62.2 Å². The molecular weight excluding hydrogens is 272 g/mol. The maximum absolute atomic E-state index is 11.6. The summed E-state index contributed by atoms with van der Waals surface area (Å²) in [5, 5.41) is 2.94. The predicted molar refractivity (Wildman–Crippen MR) is 71.3 cm³/mol. The zero-order chi connectivity index (χ0) is 14.1. The fourth-order valence-corrected chi connectivity index (χ4v) is 2.00. The van der Waals surface area contributed by atoms with Gasteiger partial charge in [0.2, 0.25) is 5.91 Å². The molecule has 2 amide bonds. The second-order valence-electron chi connectivity index (χ2n) is 4.37. The van der Waals surface area contributed by atoms with Crippen LogP contribution in [-0.2, 0) is 14.3 Å². The van der Waals surface area contributed by atoms with Crippen LogP contribution in [0.4, 0.5) is 4.79 Å². The second kappa shape index (κ2) is 8.98. The van der Waals surface area contributed by atoms with E-state index in [2.05, 4.69) is 5.32 Å². The molecule has 0 aromatic rings. The molecule has 1 aliphatic heterocycles. The molecule has 6 nitrogen and oxygen atoms in total. The van der Waals surface area contributed by atoms with Crippen LogP contribution < -0.4 is 5.32 Å². The number of amides is 2. The Hall–Kier alpha value is -1.01. The highest BCUT2D eigenvalue weighted by Crippen LogP contribution is 2.11. The molecule has 1 N–H and O–H groups in total. The topological polar surface area (TPSA) is 67.9 Å². The van der Waals surface area contributed by atoms with Crippen molar-refractivity contribution in [3.8, 4) is 0 Å². The molecule has 0 aliphatic carbocycles. The molecule has 1 heterocycles. The zero-order valence-corrected chi connectivity index (χ0v) is 11.9. The molecule has 1 aliphatic rings. The molecule has 1 rings (SSSR count). The van der Waals surface area contributed by atoms with Crippen LogP contribution in [0.2, 0.25) is 0 Å². The van der Waals surface area contributed by atoms with Crippen molar-refractivity contribution in [2.24, 2.45) is 0 Å². The Labute approximate surface area is 118 Å². The van der Waals surface area contributed by atoms with E-state index in [1.165, 1.54) is 0 Å². The lowest BCUT2D eigenvalue weighted by molar-refractivity contribution is -0.122. The fourth-order valence-electron chi connectivity index (χ4n) is 1.92. The van der Waals surface area contributed by atoms with Crippen molar-refractivity contribution in [3.05, 3.63) is 0 Å². The summed E-state index contributed by atoms with van der Waals surface area (Å²) in [6.07, 6.45) is 1.53. The number of carbonyl (C=O) groups excluding carboxylic acids is 2. The van der Waals surface area contributed by atoms with Gasteiger partial charge in [-0.25, -0.2) is 4.79 Å². The summed E-state index contributed by atoms with van der Waals surface area (Å²) in [6.45, 7) is 1.84. The summed E-state index contributed by atoms with van der Waals surface area (Å²) in [5.74, 6) is 0.294. The van der Waals surface area contributed by atoms with E-state index in [1.54, 1.807) is 12.0 Å². The van der Waals surface area contributed by atoms with E-state index in [9.17, 15) is 9.59 Å². The lowest BCUT2D eigenvalue weighted by Crippen LogP contribution is -2.46. The molecule has 1 fully saturated rings. The SMILES string of the molecule is COCCC(=O)NC1CCN(C(=O)OCCCl)CC1. The van der Waals surface area contributed by atoms with Gasteiger partial charge in [0, 0.05) is 32.7 Å². The van der Waals surface area contributed by atoms with Crippen LogP contribution in [0.3, 0.4) is 0 Å². The third-order valence-corrected chi connectivity index (χ3v) is 3.11. The molecule has 0 aromatic heterocycles. The standard InChI is InChI=1S/C12H21ClN2O4/c1-18-8-4-11(16)14-10-2-6-15(7-3-10)12(17)19-9-5-13/h10H,2-9H2,1H3,(H,14,16). The molecule has 0 radical (unpaired) electrons. The lowest BCUT2D eigenvalue weighted by atomic mass is 10.1. The summed E-state index contributed by atoms with van der Waals surface area (Å²) >= 11 is 5.45. The lowest BCUT2D eigenvalue weighted by Gasteiger charge is -2.31. The molecular formula is C12H21ClN2O4. The molecule has 0 atom stereocenters. The smallest absolute Gasteiger partial charge is 0.409 e. The highest BCUT2D eigenvalue weighted by Gasteiger charge is 2.24. The van der Waals surface area contributed by atoms with Gasteiger partial charge >= 0.3 is 6.09 Å². The minimum Gasteiger partial charge on any atom is -0.448 e. The van der Waals surface area contributed by atoms with Crippen LogP contribution in [0.25, 0.3) is 0 Å². The van der Waals surface area contributed by atoms with Gasteiger partial charge in [-0.3, -0.25) is 4.79 Å². The molecule has 7 heteroatoms. The van der Waals surface area contributed by atoms with Crippen LogP contribution >= 0.6 is 11.6 Å². The first-order chi connectivity index (χ1) is 9.17. The first-order valence-electron chi connectivity index (χ1n) is 6.43. The number of methoxy groups -OCH3 is 1. The Kier molecular flexibility index (Phi) is 7.59. The van der Waals surface area contributed by atoms with E-state index >= 15 is 0 Å². The van der Waals surface area contributed by atoms with E-state index < -0.39 is 0 Å². The number of piperidine rings is 1. The predicted octanol–water partition coefficient (Wildman–Crippen LogP) is 0.979. The van der Waals surface area contributed by atoms with Gasteiger partial charge in [-0.15, -0.1) is 11.6 Å². The second-order valence-corrected chi connectivity index (χ2v) is 4.75. The summed E-state index contributed by atoms with van der Waals surface area (Å²) in [7, 11) is 1.57. The molecule has 0 aromatic carbocycles. The van der Waals surface area contributed by atoms with Crippen molar-refractivity contribution in [1.29, 1.82) is 0 Å². The largest absolute Gasteiger partial charge is 0.448 e. The molecule has 1 saturated heterocycles. The molecule has 0 saturated carbocycles. The Morgan fingerprint density at radius 2 is 2.00 bits per heavy atom. The summed E-state index contributed by atoms with van der Waals surface area (Å²) in [6, 6.07) is 0.126. The third-order valence-electron chi connectivity index (χ3n) is 2.95. The van der Waals surface area contributed by atoms with Crippen LogP contribution in [0.1, 0.15) is 19.3 Å². The van der Waals surface area contributed by atoms with Crippen molar-refractivity contribution >= 4 is 23.6 Å². The van der Waals surface area contributed by atoms with Crippen molar-refractivity contribution in [1.82, 2.24) is 10.2 Å². The number of carbonyl (C=O) groups is 2. The first-order valence-corrected chi connectivity index (χ1v) is 6.96. The number of hydrogen-bond donors (Lipinski definition) is 1. The normalized spacial score (nSPS) is 16.2. The van der Waals surface area contributed by atoms with Crippen molar-refractivity contribution in [2.75, 3.05) is 39.3 Å². The summed E-state index contributed by atoms with van der Waals surface area (Å²) < 4.78 is 9.80. The van der Waals surface area contributed by atoms with Gasteiger partial charge in [0.25, 0.3) is 0 Å². The van der Waals surface area contributed by atoms with E-state index in [0.717, 1.165) is 12.8 Å². The number of rotatable bonds is 6.